The van der Waals surface area contributed by atoms with Crippen LogP contribution in [-0.2, 0) is 19.2 Å². The third kappa shape index (κ3) is 4.31. The molecular weight excluding hydrogens is 496 g/mol. The minimum absolute atomic E-state index is 0.129. The number of hydrogen-bond donors (Lipinski definition) is 4. The number of anilines is 1. The highest BCUT2D eigenvalue weighted by molar-refractivity contribution is 8.01. The van der Waals surface area contributed by atoms with Gasteiger partial charge in [0.2, 0.25) is 5.16 Å². The van der Waals surface area contributed by atoms with Gasteiger partial charge in [-0.1, -0.05) is 22.0 Å². The molecule has 0 radical (unpaired) electrons. The Kier molecular flexibility index (Phi) is 6.38. The van der Waals surface area contributed by atoms with Gasteiger partial charge in [0.1, 0.15) is 29.9 Å². The largest absolute Gasteiger partial charge is 0.477 e. The molecule has 4 heterocycles. The number of thioether (sulfide) groups is 2. The third-order valence-corrected chi connectivity index (χ3v) is 7.57. The van der Waals surface area contributed by atoms with Crippen molar-refractivity contribution in [2.75, 3.05) is 30.2 Å². The first-order valence-corrected chi connectivity index (χ1v) is 11.9. The van der Waals surface area contributed by atoms with Gasteiger partial charge in [0.25, 0.3) is 11.8 Å². The number of aromatic nitrogens is 5. The summed E-state index contributed by atoms with van der Waals surface area (Å²) < 4.78 is 0. The summed E-state index contributed by atoms with van der Waals surface area (Å²) in [5.74, 6) is 3.61. The van der Waals surface area contributed by atoms with E-state index in [0.717, 1.165) is 32.8 Å². The summed E-state index contributed by atoms with van der Waals surface area (Å²) in [5.41, 5.74) is 6.04. The molecule has 0 spiro atoms. The Labute approximate surface area is 197 Å². The van der Waals surface area contributed by atoms with E-state index in [1.54, 1.807) is 0 Å². The van der Waals surface area contributed by atoms with Crippen LogP contribution in [0.15, 0.2) is 27.0 Å². The number of β-lactam (4-membered cyclic amide) rings is 1. The van der Waals surface area contributed by atoms with Crippen molar-refractivity contribution in [2.45, 2.75) is 16.6 Å². The maximum absolute atomic E-state index is 12.8. The van der Waals surface area contributed by atoms with E-state index in [9.17, 15) is 19.5 Å². The fourth-order valence-corrected chi connectivity index (χ4v) is 5.96. The molecule has 2 atom stereocenters. The quantitative estimate of drug-likeness (QED) is 0.102. The van der Waals surface area contributed by atoms with E-state index in [1.165, 1.54) is 24.3 Å². The number of nitrogens with one attached hydrogen (secondary N) is 1. The molecule has 2 amide bonds. The summed E-state index contributed by atoms with van der Waals surface area (Å²) in [7, 11) is 1.27. The van der Waals surface area contributed by atoms with Crippen LogP contribution in [0.4, 0.5) is 5.13 Å². The van der Waals surface area contributed by atoms with Crippen molar-refractivity contribution in [3.05, 3.63) is 22.3 Å². The molecular formula is C15H16N10O5S3. The van der Waals surface area contributed by atoms with Gasteiger partial charge >= 0.3 is 5.97 Å². The lowest BCUT2D eigenvalue weighted by Gasteiger charge is -2.49. The average molecular weight is 513 g/mol. The van der Waals surface area contributed by atoms with Gasteiger partial charge in [-0.05, 0) is 16.0 Å². The van der Waals surface area contributed by atoms with Crippen molar-refractivity contribution in [1.82, 2.24) is 35.5 Å². The van der Waals surface area contributed by atoms with Crippen LogP contribution in [0.3, 0.4) is 0 Å². The zero-order chi connectivity index (χ0) is 23.7. The molecule has 6 N–H and O–H groups in total. The minimum atomic E-state index is -1.25. The summed E-state index contributed by atoms with van der Waals surface area (Å²) in [4.78, 5) is 48.4. The van der Waals surface area contributed by atoms with Crippen molar-refractivity contribution < 1.29 is 24.3 Å². The number of fused-ring (bicyclic) bond motifs is 1. The number of thiazole rings is 1. The Bertz CT molecular complexity index is 1180. The Morgan fingerprint density at radius 2 is 2.27 bits per heavy atom. The second kappa shape index (κ2) is 9.24. The van der Waals surface area contributed by atoms with Gasteiger partial charge in [-0.15, -0.1) is 27.9 Å². The number of aliphatic carboxylic acids is 1. The van der Waals surface area contributed by atoms with Crippen LogP contribution in [0, 0.1) is 0 Å². The molecule has 2 aliphatic rings. The first-order valence-electron chi connectivity index (χ1n) is 9.01. The summed E-state index contributed by atoms with van der Waals surface area (Å²) in [6.07, 6.45) is 0. The van der Waals surface area contributed by atoms with Crippen LogP contribution in [0.5, 0.6) is 0 Å². The Hall–Kier alpha value is -3.38. The van der Waals surface area contributed by atoms with Crippen molar-refractivity contribution in [3.63, 3.8) is 0 Å². The maximum atomic E-state index is 12.8. The molecule has 2 aromatic rings. The van der Waals surface area contributed by atoms with Crippen LogP contribution in [0.2, 0.25) is 0 Å². The number of nitrogen functional groups attached to an aromatic ring is 2. The number of carboxylic acid groups (broad SMARTS) is 1. The molecule has 0 bridgehead atoms. The van der Waals surface area contributed by atoms with Gasteiger partial charge in [0, 0.05) is 16.9 Å². The average Bonchev–Trinajstić information content (AvgIpc) is 3.40. The van der Waals surface area contributed by atoms with Crippen molar-refractivity contribution >= 4 is 63.5 Å². The van der Waals surface area contributed by atoms with Crippen LogP contribution in [0.1, 0.15) is 5.69 Å². The molecule has 1 unspecified atom stereocenters. The number of amides is 2. The van der Waals surface area contributed by atoms with Crippen LogP contribution >= 0.6 is 34.9 Å². The summed E-state index contributed by atoms with van der Waals surface area (Å²) >= 11 is 3.59. The second-order valence-electron chi connectivity index (χ2n) is 6.51. The van der Waals surface area contributed by atoms with E-state index in [0.29, 0.717) is 16.5 Å². The highest BCUT2D eigenvalue weighted by Crippen LogP contribution is 2.41. The van der Waals surface area contributed by atoms with Gasteiger partial charge in [0.15, 0.2) is 10.8 Å². The van der Waals surface area contributed by atoms with Gasteiger partial charge in [-0.2, -0.15) is 0 Å². The highest BCUT2D eigenvalue weighted by atomic mass is 32.2. The fraction of sp³-hybridized carbons (Fsp3) is 0.333. The lowest BCUT2D eigenvalue weighted by atomic mass is 10.0. The summed E-state index contributed by atoms with van der Waals surface area (Å²) in [6.45, 7) is 0. The number of carbonyl (C=O) groups is 3. The fourth-order valence-electron chi connectivity index (χ4n) is 3.13. The Morgan fingerprint density at radius 3 is 2.88 bits per heavy atom. The first kappa shape index (κ1) is 22.8. The molecule has 0 saturated carbocycles. The number of carboxylic acids is 1. The third-order valence-electron chi connectivity index (χ3n) is 4.54. The summed E-state index contributed by atoms with van der Waals surface area (Å²) in [5, 5.41) is 28.2. The topological polar surface area (TPSA) is 217 Å². The number of rotatable bonds is 8. The van der Waals surface area contributed by atoms with Gasteiger partial charge < -0.3 is 26.8 Å². The van der Waals surface area contributed by atoms with Crippen LogP contribution < -0.4 is 16.9 Å². The molecule has 1 saturated heterocycles. The first-order chi connectivity index (χ1) is 15.8. The monoisotopic (exact) mass is 512 g/mol. The molecule has 0 aromatic carbocycles. The number of oxime groups is 1. The van der Waals surface area contributed by atoms with E-state index < -0.39 is 29.2 Å². The van der Waals surface area contributed by atoms with E-state index in [4.69, 9.17) is 16.4 Å². The standard InChI is InChI=1S/C15H16N10O5S3/c1-30-21-7(6-4-32-14(16)18-6)10(26)19-8-11(27)24-9(13(28)29)5(2-31-12(8)24)3-33-15-20-22-23-25(15)17/h4,8,12H,2-3,17H2,1H3,(H2,16,18)(H,19,26)(H,28,29)/b21-7-/t8?,12-/m1/s1. The lowest BCUT2D eigenvalue weighted by molar-refractivity contribution is -0.150. The molecule has 15 nitrogen and oxygen atoms in total. The smallest absolute Gasteiger partial charge is 0.352 e. The molecule has 2 aromatic heterocycles. The molecule has 33 heavy (non-hydrogen) atoms. The predicted octanol–water partition coefficient (Wildman–Crippen LogP) is -1.69. The van der Waals surface area contributed by atoms with Crippen LogP contribution in [-0.4, -0.2) is 88.8 Å². The van der Waals surface area contributed by atoms with Crippen molar-refractivity contribution in [2.24, 2.45) is 5.16 Å². The normalized spacial score (nSPS) is 20.3. The summed E-state index contributed by atoms with van der Waals surface area (Å²) in [6, 6.07) is -0.944. The number of nitrogens with two attached hydrogens (primary N) is 2. The minimum Gasteiger partial charge on any atom is -0.477 e. The number of nitrogens with zero attached hydrogens (tertiary/aromatic N) is 7. The molecule has 1 fully saturated rings. The van der Waals surface area contributed by atoms with Crippen LogP contribution in [0.25, 0.3) is 0 Å². The molecule has 174 valence electrons. The van der Waals surface area contributed by atoms with E-state index in [1.807, 2.05) is 0 Å². The van der Waals surface area contributed by atoms with Gasteiger partial charge in [0.05, 0.1) is 0 Å². The zero-order valence-electron chi connectivity index (χ0n) is 16.7. The predicted molar refractivity (Wildman–Crippen MR) is 118 cm³/mol. The van der Waals surface area contributed by atoms with Gasteiger partial charge in [-0.25, -0.2) is 9.78 Å². The number of carbonyl (C=O) groups excluding carboxylic acids is 2. The van der Waals surface area contributed by atoms with E-state index in [-0.39, 0.29) is 28.0 Å². The Morgan fingerprint density at radius 1 is 1.48 bits per heavy atom. The molecule has 18 heteroatoms. The SMILES string of the molecule is CO/N=C(\C(=O)NC1C(=O)N2C(C(=O)O)=C(CSc3nnnn3N)CS[C@H]12)c1csc(N)n1. The molecule has 4 rings (SSSR count). The lowest BCUT2D eigenvalue weighted by Crippen LogP contribution is -2.71. The Balaban J connectivity index is 1.49. The van der Waals surface area contributed by atoms with Gasteiger partial charge in [-0.3, -0.25) is 14.5 Å². The highest BCUT2D eigenvalue weighted by Gasteiger charge is 2.54. The second-order valence-corrected chi connectivity index (χ2v) is 9.44. The van der Waals surface area contributed by atoms with E-state index >= 15 is 0 Å². The zero-order valence-corrected chi connectivity index (χ0v) is 19.2. The van der Waals surface area contributed by atoms with Crippen molar-refractivity contribution in [1.29, 1.82) is 0 Å². The number of tetrazole rings is 1. The maximum Gasteiger partial charge on any atom is 0.352 e. The number of hydrogen-bond acceptors (Lipinski definition) is 14. The molecule has 2 aliphatic heterocycles. The van der Waals surface area contributed by atoms with E-state index in [2.05, 4.69) is 31.0 Å². The molecule has 0 aliphatic carbocycles. The van der Waals surface area contributed by atoms with Crippen molar-refractivity contribution in [3.8, 4) is 0 Å².